The second kappa shape index (κ2) is 7.07. The fourth-order valence-corrected chi connectivity index (χ4v) is 2.47. The van der Waals surface area contributed by atoms with Gasteiger partial charge in [0, 0.05) is 20.1 Å². The summed E-state index contributed by atoms with van der Waals surface area (Å²) >= 11 is 0. The zero-order chi connectivity index (χ0) is 14.5. The molecule has 0 aromatic carbocycles. The molecule has 6 heteroatoms. The Hall–Kier alpha value is -0.850. The first-order chi connectivity index (χ1) is 8.87. The van der Waals surface area contributed by atoms with E-state index in [2.05, 4.69) is 19.2 Å². The maximum Gasteiger partial charge on any atom is 0.275 e. The second-order valence-electron chi connectivity index (χ2n) is 4.93. The summed E-state index contributed by atoms with van der Waals surface area (Å²) in [5, 5.41) is 3.32. The Bertz CT molecular complexity index is 480. The predicted molar refractivity (Wildman–Crippen MR) is 75.4 cm³/mol. The van der Waals surface area contributed by atoms with Gasteiger partial charge in [0.05, 0.1) is 6.54 Å². The standard InChI is InChI=1S/C13H24N2O3S/c1-5-6-7-11(2)14-10-12-8-9-13(18-12)19(16,17)15(3)4/h8-9,11,14H,5-7,10H2,1-4H3. The lowest BCUT2D eigenvalue weighted by atomic mass is 10.1. The van der Waals surface area contributed by atoms with E-state index in [1.807, 2.05) is 0 Å². The van der Waals surface area contributed by atoms with E-state index >= 15 is 0 Å². The highest BCUT2D eigenvalue weighted by atomic mass is 32.2. The molecule has 0 amide bonds. The lowest BCUT2D eigenvalue weighted by Crippen LogP contribution is -2.25. The van der Waals surface area contributed by atoms with Crippen LogP contribution in [0.3, 0.4) is 0 Å². The lowest BCUT2D eigenvalue weighted by molar-refractivity contribution is 0.376. The third-order valence-corrected chi connectivity index (χ3v) is 4.68. The second-order valence-corrected chi connectivity index (χ2v) is 7.02. The van der Waals surface area contributed by atoms with Gasteiger partial charge in [-0.2, -0.15) is 0 Å². The van der Waals surface area contributed by atoms with Crippen molar-refractivity contribution in [2.45, 2.75) is 50.8 Å². The first kappa shape index (κ1) is 16.2. The van der Waals surface area contributed by atoms with Gasteiger partial charge in [-0.25, -0.2) is 12.7 Å². The summed E-state index contributed by atoms with van der Waals surface area (Å²) in [7, 11) is -0.493. The van der Waals surface area contributed by atoms with E-state index < -0.39 is 10.0 Å². The van der Waals surface area contributed by atoms with Crippen molar-refractivity contribution in [3.05, 3.63) is 17.9 Å². The Kier molecular flexibility index (Phi) is 6.03. The Morgan fingerprint density at radius 3 is 2.63 bits per heavy atom. The Labute approximate surface area is 116 Å². The molecule has 0 radical (unpaired) electrons. The molecule has 110 valence electrons. The van der Waals surface area contributed by atoms with Crippen molar-refractivity contribution >= 4 is 10.0 Å². The van der Waals surface area contributed by atoms with Crippen LogP contribution in [0, 0.1) is 0 Å². The Balaban J connectivity index is 2.57. The zero-order valence-corrected chi connectivity index (χ0v) is 13.0. The SMILES string of the molecule is CCCCC(C)NCc1ccc(S(=O)(=O)N(C)C)o1. The van der Waals surface area contributed by atoms with Gasteiger partial charge in [0.2, 0.25) is 5.09 Å². The number of hydrogen-bond donors (Lipinski definition) is 1. The Morgan fingerprint density at radius 2 is 2.05 bits per heavy atom. The lowest BCUT2D eigenvalue weighted by Gasteiger charge is -2.12. The van der Waals surface area contributed by atoms with Crippen molar-refractivity contribution in [2.24, 2.45) is 0 Å². The molecule has 1 aromatic rings. The first-order valence-corrected chi connectivity index (χ1v) is 8.06. The molecule has 0 saturated heterocycles. The minimum atomic E-state index is -3.47. The predicted octanol–water partition coefficient (Wildman–Crippen LogP) is 2.20. The molecule has 1 N–H and O–H groups in total. The fraction of sp³-hybridized carbons (Fsp3) is 0.692. The summed E-state index contributed by atoms with van der Waals surface area (Å²) in [6, 6.07) is 3.61. The molecular formula is C13H24N2O3S. The minimum Gasteiger partial charge on any atom is -0.447 e. The van der Waals surface area contributed by atoms with Crippen molar-refractivity contribution in [3.63, 3.8) is 0 Å². The number of furan rings is 1. The van der Waals surface area contributed by atoms with Gasteiger partial charge in [0.15, 0.2) is 0 Å². The highest BCUT2D eigenvalue weighted by molar-refractivity contribution is 7.88. The van der Waals surface area contributed by atoms with Gasteiger partial charge in [-0.15, -0.1) is 0 Å². The molecule has 1 heterocycles. The van der Waals surface area contributed by atoms with Gasteiger partial charge in [-0.05, 0) is 25.5 Å². The van der Waals surface area contributed by atoms with E-state index in [1.165, 1.54) is 33.0 Å². The van der Waals surface area contributed by atoms with Gasteiger partial charge < -0.3 is 9.73 Å². The third-order valence-electron chi connectivity index (χ3n) is 2.99. The number of sulfonamides is 1. The van der Waals surface area contributed by atoms with Crippen LogP contribution in [0.1, 0.15) is 38.9 Å². The molecule has 0 saturated carbocycles. The van der Waals surface area contributed by atoms with Crippen molar-refractivity contribution in [3.8, 4) is 0 Å². The molecule has 19 heavy (non-hydrogen) atoms. The molecule has 1 rings (SSSR count). The van der Waals surface area contributed by atoms with Gasteiger partial charge in [0.1, 0.15) is 5.76 Å². The van der Waals surface area contributed by atoms with Gasteiger partial charge in [-0.1, -0.05) is 19.8 Å². The van der Waals surface area contributed by atoms with Crippen molar-refractivity contribution < 1.29 is 12.8 Å². The van der Waals surface area contributed by atoms with Crippen molar-refractivity contribution in [1.82, 2.24) is 9.62 Å². The quantitative estimate of drug-likeness (QED) is 0.796. The average molecular weight is 288 g/mol. The van der Waals surface area contributed by atoms with E-state index in [9.17, 15) is 8.42 Å². The Morgan fingerprint density at radius 1 is 1.37 bits per heavy atom. The number of hydrogen-bond acceptors (Lipinski definition) is 4. The molecule has 0 bridgehead atoms. The van der Waals surface area contributed by atoms with Gasteiger partial charge >= 0.3 is 0 Å². The van der Waals surface area contributed by atoms with Gasteiger partial charge in [-0.3, -0.25) is 0 Å². The highest BCUT2D eigenvalue weighted by Crippen LogP contribution is 2.16. The summed E-state index contributed by atoms with van der Waals surface area (Å²) in [6.07, 6.45) is 3.48. The summed E-state index contributed by atoms with van der Waals surface area (Å²) < 4.78 is 30.2. The van der Waals surface area contributed by atoms with Crippen LogP contribution in [-0.4, -0.2) is 32.9 Å². The van der Waals surface area contributed by atoms with Crippen LogP contribution in [0.15, 0.2) is 21.6 Å². The molecule has 1 unspecified atom stereocenters. The van der Waals surface area contributed by atoms with Crippen LogP contribution < -0.4 is 5.32 Å². The monoisotopic (exact) mass is 288 g/mol. The van der Waals surface area contributed by atoms with Crippen molar-refractivity contribution in [1.29, 1.82) is 0 Å². The van der Waals surface area contributed by atoms with Crippen LogP contribution in [0.5, 0.6) is 0 Å². The maximum absolute atomic E-state index is 11.8. The molecule has 5 nitrogen and oxygen atoms in total. The number of unbranched alkanes of at least 4 members (excludes halogenated alkanes) is 1. The largest absolute Gasteiger partial charge is 0.447 e. The molecule has 1 atom stereocenters. The first-order valence-electron chi connectivity index (χ1n) is 6.62. The van der Waals surface area contributed by atoms with E-state index in [0.29, 0.717) is 18.3 Å². The summed E-state index contributed by atoms with van der Waals surface area (Å²) in [6.45, 7) is 4.83. The third kappa shape index (κ3) is 4.63. The van der Waals surface area contributed by atoms with Crippen LogP contribution in [-0.2, 0) is 16.6 Å². The molecule has 1 aromatic heterocycles. The normalized spacial score (nSPS) is 13.9. The smallest absolute Gasteiger partial charge is 0.275 e. The number of rotatable bonds is 8. The van der Waals surface area contributed by atoms with Crippen LogP contribution in [0.4, 0.5) is 0 Å². The van der Waals surface area contributed by atoms with Crippen molar-refractivity contribution in [2.75, 3.05) is 14.1 Å². The topological polar surface area (TPSA) is 62.6 Å². The molecule has 0 fully saturated rings. The van der Waals surface area contributed by atoms with E-state index in [4.69, 9.17) is 4.42 Å². The summed E-state index contributed by atoms with van der Waals surface area (Å²) in [5.41, 5.74) is 0. The molecule has 0 aliphatic carbocycles. The van der Waals surface area contributed by atoms with E-state index in [1.54, 1.807) is 6.07 Å². The summed E-state index contributed by atoms with van der Waals surface area (Å²) in [5.74, 6) is 0.642. The van der Waals surface area contributed by atoms with Gasteiger partial charge in [0.25, 0.3) is 10.0 Å². The molecule has 0 spiro atoms. The van der Waals surface area contributed by atoms with Crippen LogP contribution in [0.2, 0.25) is 0 Å². The average Bonchev–Trinajstić information content (AvgIpc) is 2.83. The molecular weight excluding hydrogens is 264 g/mol. The van der Waals surface area contributed by atoms with Crippen LogP contribution in [0.25, 0.3) is 0 Å². The summed E-state index contributed by atoms with van der Waals surface area (Å²) in [4.78, 5) is 0. The highest BCUT2D eigenvalue weighted by Gasteiger charge is 2.21. The molecule has 0 aliphatic rings. The van der Waals surface area contributed by atoms with E-state index in [-0.39, 0.29) is 5.09 Å². The zero-order valence-electron chi connectivity index (χ0n) is 12.1. The maximum atomic E-state index is 11.8. The fourth-order valence-electron chi connectivity index (χ4n) is 1.66. The number of nitrogens with one attached hydrogen (secondary N) is 1. The number of nitrogens with zero attached hydrogens (tertiary/aromatic N) is 1. The molecule has 0 aliphatic heterocycles. The van der Waals surface area contributed by atoms with Crippen LogP contribution >= 0.6 is 0 Å². The van der Waals surface area contributed by atoms with E-state index in [0.717, 1.165) is 10.7 Å². The minimum absolute atomic E-state index is 0.00416.